The zero-order valence-electron chi connectivity index (χ0n) is 58.5. The van der Waals surface area contributed by atoms with E-state index in [-0.39, 0.29) is 0 Å². The number of H-pyrrole nitrogens is 4. The Balaban J connectivity index is 1.30. The van der Waals surface area contributed by atoms with Gasteiger partial charge >= 0.3 is 0 Å². The molecular formula is C92H84N8. The molecule has 12 bridgehead atoms. The molecule has 0 aliphatic carbocycles. The minimum atomic E-state index is 0.742. The van der Waals surface area contributed by atoms with Gasteiger partial charge < -0.3 is 9.97 Å². The Hall–Kier alpha value is -11.5. The van der Waals surface area contributed by atoms with Crippen molar-refractivity contribution in [1.29, 1.82) is 0 Å². The minimum Gasteiger partial charge on any atom is -0.354 e. The Bertz CT molecular complexity index is 5220. The fraction of sp³-hybridized carbons (Fsp3) is 0.174. The summed E-state index contributed by atoms with van der Waals surface area (Å²) in [5.41, 5.74) is 37.8. The Labute approximate surface area is 586 Å². The number of fused-ring (bicyclic) bond motifs is 12. The van der Waals surface area contributed by atoms with E-state index in [1.54, 1.807) is 0 Å². The highest BCUT2D eigenvalue weighted by molar-refractivity contribution is 6.15. The molecule has 100 heavy (non-hydrogen) atoms. The van der Waals surface area contributed by atoms with Crippen LogP contribution in [0.25, 0.3) is 155 Å². The molecule has 0 spiro atoms. The van der Waals surface area contributed by atoms with E-state index in [1.165, 1.54) is 44.5 Å². The van der Waals surface area contributed by atoms with Crippen molar-refractivity contribution >= 4 is 66.4 Å². The first-order chi connectivity index (χ1) is 49.4. The van der Waals surface area contributed by atoms with Crippen LogP contribution in [-0.4, -0.2) is 40.3 Å². The molecule has 0 fully saturated rings. The number of benzene rings is 8. The molecule has 0 saturated carbocycles. The average molecular weight is 1300 g/mol. The topological polar surface area (TPSA) is 115 Å². The molecule has 0 unspecified atom stereocenters. The van der Waals surface area contributed by atoms with Crippen LogP contribution in [0.2, 0.25) is 0 Å². The van der Waals surface area contributed by atoms with Gasteiger partial charge in [0.2, 0.25) is 0 Å². The minimum absolute atomic E-state index is 0.742. The van der Waals surface area contributed by atoms with E-state index in [0.29, 0.717) is 0 Å². The van der Waals surface area contributed by atoms with Crippen molar-refractivity contribution in [1.82, 2.24) is 40.3 Å². The summed E-state index contributed by atoms with van der Waals surface area (Å²) in [7, 11) is 0. The Morgan fingerprint density at radius 2 is 0.390 bits per heavy atom. The zero-order chi connectivity index (χ0) is 68.4. The van der Waals surface area contributed by atoms with Gasteiger partial charge in [-0.3, -0.25) is 10.2 Å². The van der Waals surface area contributed by atoms with E-state index in [9.17, 15) is 0 Å². The molecule has 2 aliphatic rings. The molecule has 4 N–H and O–H groups in total. The largest absolute Gasteiger partial charge is 0.354 e. The van der Waals surface area contributed by atoms with Crippen molar-refractivity contribution in [2.24, 2.45) is 0 Å². The van der Waals surface area contributed by atoms with E-state index >= 15 is 0 Å². The summed E-state index contributed by atoms with van der Waals surface area (Å²) in [6.07, 6.45) is 6.02. The average Bonchev–Trinajstić information content (AvgIpc) is 1.57. The third-order valence-corrected chi connectivity index (χ3v) is 20.5. The van der Waals surface area contributed by atoms with Gasteiger partial charge in [-0.1, -0.05) is 298 Å². The smallest absolute Gasteiger partial charge is 0.103 e. The van der Waals surface area contributed by atoms with Crippen LogP contribution in [-0.2, 0) is 25.7 Å². The molecule has 15 rings (SSSR count). The molecule has 13 aromatic rings. The van der Waals surface area contributed by atoms with Crippen molar-refractivity contribution in [2.45, 2.75) is 107 Å². The summed E-state index contributed by atoms with van der Waals surface area (Å²) in [6, 6.07) is 87.4. The lowest BCUT2D eigenvalue weighted by molar-refractivity contribution is 1.07. The second-order valence-corrected chi connectivity index (χ2v) is 25.8. The van der Waals surface area contributed by atoms with Crippen molar-refractivity contribution in [3.8, 4) is 89.0 Å². The maximum Gasteiger partial charge on any atom is 0.103 e. The van der Waals surface area contributed by atoms with Crippen LogP contribution < -0.4 is 0 Å². The van der Waals surface area contributed by atoms with Gasteiger partial charge in [0, 0.05) is 44.5 Å². The highest BCUT2D eigenvalue weighted by Gasteiger charge is 2.33. The van der Waals surface area contributed by atoms with Crippen molar-refractivity contribution < 1.29 is 0 Å². The lowest BCUT2D eigenvalue weighted by atomic mass is 9.90. The Morgan fingerprint density at radius 3 is 0.590 bits per heavy atom. The van der Waals surface area contributed by atoms with Gasteiger partial charge in [-0.15, -0.1) is 0 Å². The third kappa shape index (κ3) is 11.1. The van der Waals surface area contributed by atoms with Crippen LogP contribution in [0.15, 0.2) is 243 Å². The summed E-state index contributed by atoms with van der Waals surface area (Å²) >= 11 is 0. The maximum absolute atomic E-state index is 6.23. The Kier molecular flexibility index (Phi) is 18.2. The number of rotatable bonds is 16. The molecule has 2 aliphatic heterocycles. The first kappa shape index (κ1) is 64.5. The van der Waals surface area contributed by atoms with E-state index in [0.717, 1.165) is 207 Å². The molecule has 0 atom stereocenters. The zero-order valence-corrected chi connectivity index (χ0v) is 58.5. The van der Waals surface area contributed by atoms with E-state index in [1.807, 2.05) is 0 Å². The number of nitrogens with one attached hydrogen (secondary N) is 4. The number of aryl methyl sites for hydroxylation is 4. The number of nitrogens with zero attached hydrogens (tertiary/aromatic N) is 4. The molecule has 8 heteroatoms. The molecule has 0 saturated heterocycles. The molecule has 7 heterocycles. The molecule has 5 aromatic heterocycles. The van der Waals surface area contributed by atoms with Gasteiger partial charge in [0.05, 0.1) is 55.9 Å². The number of hydrogen-bond donors (Lipinski definition) is 4. The van der Waals surface area contributed by atoms with Gasteiger partial charge in [-0.25, -0.2) is 9.97 Å². The van der Waals surface area contributed by atoms with Crippen LogP contribution in [0.1, 0.15) is 126 Å². The lowest BCUT2D eigenvalue weighted by Crippen LogP contribution is -1.93. The molecular weight excluding hydrogens is 1220 g/mol. The van der Waals surface area contributed by atoms with Crippen molar-refractivity contribution in [2.75, 3.05) is 0 Å². The quantitative estimate of drug-likeness (QED) is 0.0771. The first-order valence-electron chi connectivity index (χ1n) is 36.1. The van der Waals surface area contributed by atoms with Crippen LogP contribution in [0.5, 0.6) is 0 Å². The van der Waals surface area contributed by atoms with E-state index in [2.05, 4.69) is 318 Å². The highest BCUT2D eigenvalue weighted by Crippen LogP contribution is 2.52. The van der Waals surface area contributed by atoms with Crippen LogP contribution in [0.3, 0.4) is 0 Å². The number of aromatic amines is 4. The predicted molar refractivity (Wildman–Crippen MR) is 423 cm³/mol. The summed E-state index contributed by atoms with van der Waals surface area (Å²) in [5, 5.41) is 19.2. The molecule has 8 aromatic carbocycles. The fourth-order valence-corrected chi connectivity index (χ4v) is 16.2. The molecule has 8 nitrogen and oxygen atoms in total. The summed E-state index contributed by atoms with van der Waals surface area (Å²) < 4.78 is 0. The number of aromatic nitrogens is 8. The van der Waals surface area contributed by atoms with Crippen LogP contribution in [0.4, 0.5) is 0 Å². The second kappa shape index (κ2) is 28.2. The van der Waals surface area contributed by atoms with Gasteiger partial charge in [-0.05, 0) is 140 Å². The summed E-state index contributed by atoms with van der Waals surface area (Å²) in [5.74, 6) is 0. The summed E-state index contributed by atoms with van der Waals surface area (Å²) in [6.45, 7) is 18.4. The van der Waals surface area contributed by atoms with Gasteiger partial charge in [0.1, 0.15) is 11.0 Å². The monoisotopic (exact) mass is 1300 g/mol. The first-order valence-corrected chi connectivity index (χ1v) is 36.1. The lowest BCUT2D eigenvalue weighted by Gasteiger charge is -2.12. The summed E-state index contributed by atoms with van der Waals surface area (Å²) in [4.78, 5) is 21.2. The highest BCUT2D eigenvalue weighted by atomic mass is 15.1. The van der Waals surface area contributed by atoms with E-state index < -0.39 is 0 Å². The molecule has 0 radical (unpaired) electrons. The Morgan fingerprint density at radius 1 is 0.210 bits per heavy atom. The van der Waals surface area contributed by atoms with Gasteiger partial charge in [0.25, 0.3) is 0 Å². The second-order valence-electron chi connectivity index (χ2n) is 25.8. The SMILES string of the molecule is CCC1=C(CC)c2nc1c(-c1ccccc1)c1[nH]c(c(CC)c1CC)c(-c1ccccc1)c1n[nH]c(c(-c3ccccc3)c3nc(c(-c4ccccc4)c4[nH]c(c(CC)c4CC)c(-c4ccccc4)c4n[nH]c(c2-c2ccccc2)c4-c2ccccc2)C(CC)=C3CC)c1-c1ccccc1. The maximum atomic E-state index is 6.23. The van der Waals surface area contributed by atoms with Crippen molar-refractivity contribution in [3.05, 3.63) is 288 Å². The third-order valence-electron chi connectivity index (χ3n) is 20.5. The van der Waals surface area contributed by atoms with Crippen LogP contribution >= 0.6 is 0 Å². The molecule has 0 amide bonds. The molecule has 492 valence electrons. The normalized spacial score (nSPS) is 12.2. The number of allylic oxidation sites excluding steroid dienone is 4. The van der Waals surface area contributed by atoms with Crippen molar-refractivity contribution in [3.63, 3.8) is 0 Å². The standard InChI is InChI=1S/C92H84N8/c1-9-65-69(13-5)85-75(59-45-29-19-30-46-59)89-79(63-53-37-23-38-54-63)90(98-97-89)77(61-49-33-21-34-50-61)87-71(15-7)67(11-3)83(95-87)74(58-43-27-18-28-44-58)84-68(12-4)72(16-8)88(96-84)78(62-51-35-22-36-52-62)92-80(64-55-39-24-40-56-64)91(99-100-92)76(60-47-31-20-32-48-60)86-70(14-6)66(10-2)82(94-86)73(81(65)93-85)57-41-25-17-26-42-57/h17-56,93,96H,9-16H2,1-8H3,(H,97,98)(H,99,100). The van der Waals surface area contributed by atoms with E-state index in [4.69, 9.17) is 20.2 Å². The fourth-order valence-electron chi connectivity index (χ4n) is 16.2. The number of hydrogen-bond acceptors (Lipinski definition) is 4. The van der Waals surface area contributed by atoms with Crippen LogP contribution in [0, 0.1) is 0 Å². The van der Waals surface area contributed by atoms with Gasteiger partial charge in [0.15, 0.2) is 0 Å². The van der Waals surface area contributed by atoms with Gasteiger partial charge in [-0.2, -0.15) is 10.2 Å². The predicted octanol–water partition coefficient (Wildman–Crippen LogP) is 24.8.